The van der Waals surface area contributed by atoms with Gasteiger partial charge in [-0.25, -0.2) is 0 Å². The van der Waals surface area contributed by atoms with Crippen LogP contribution in [0.4, 0.5) is 5.69 Å². The Morgan fingerprint density at radius 3 is 2.40 bits per heavy atom. The van der Waals surface area contributed by atoms with Crippen LogP contribution in [-0.2, 0) is 6.61 Å². The first-order chi connectivity index (χ1) is 14.8. The Bertz CT molecular complexity index is 1320. The number of nitrogens with one attached hydrogen (secondary N) is 1. The summed E-state index contributed by atoms with van der Waals surface area (Å²) in [5.74, 6) is 0.742. The molecule has 0 saturated carbocycles. The summed E-state index contributed by atoms with van der Waals surface area (Å²) in [6, 6.07) is 31.0. The second-order valence-corrected chi connectivity index (χ2v) is 7.06. The van der Waals surface area contributed by atoms with Crippen molar-refractivity contribution in [2.45, 2.75) is 6.61 Å². The minimum atomic E-state index is -0.284. The smallest absolute Gasteiger partial charge is 0.291 e. The van der Waals surface area contributed by atoms with Crippen LogP contribution in [0.2, 0.25) is 0 Å². The van der Waals surface area contributed by atoms with Crippen LogP contribution in [0.5, 0.6) is 5.75 Å². The molecule has 1 N–H and O–H groups in total. The fourth-order valence-corrected chi connectivity index (χ4v) is 3.47. The summed E-state index contributed by atoms with van der Waals surface area (Å²) in [4.78, 5) is 12.7. The molecule has 0 unspecified atom stereocenters. The van der Waals surface area contributed by atoms with Crippen molar-refractivity contribution in [3.05, 3.63) is 108 Å². The van der Waals surface area contributed by atoms with Crippen LogP contribution in [-0.4, -0.2) is 5.91 Å². The van der Waals surface area contributed by atoms with Gasteiger partial charge in [-0.2, -0.15) is 0 Å². The first-order valence-electron chi connectivity index (χ1n) is 9.76. The molecule has 0 fully saturated rings. The highest BCUT2D eigenvalue weighted by molar-refractivity contribution is 6.10. The van der Waals surface area contributed by atoms with Gasteiger partial charge in [0, 0.05) is 11.1 Å². The van der Waals surface area contributed by atoms with E-state index in [2.05, 4.69) is 5.32 Å². The molecular formula is C26H19NO3. The third-order valence-corrected chi connectivity index (χ3v) is 5.01. The Kier molecular flexibility index (Phi) is 4.66. The van der Waals surface area contributed by atoms with Crippen molar-refractivity contribution in [3.63, 3.8) is 0 Å². The molecule has 30 heavy (non-hydrogen) atoms. The summed E-state index contributed by atoms with van der Waals surface area (Å²) in [5, 5.41) is 6.00. The molecular weight excluding hydrogens is 374 g/mol. The first-order valence-corrected chi connectivity index (χ1v) is 9.76. The number of rotatable bonds is 5. The molecule has 0 aliphatic carbocycles. The van der Waals surface area contributed by atoms with Gasteiger partial charge in [-0.3, -0.25) is 4.79 Å². The maximum atomic E-state index is 12.7. The highest BCUT2D eigenvalue weighted by atomic mass is 16.5. The SMILES string of the molecule is O=C(Nc1ccc(OCc2ccccc2)cc1)c1cc2c(ccc3ccccc32)o1. The van der Waals surface area contributed by atoms with Crippen LogP contribution in [0.1, 0.15) is 16.1 Å². The molecule has 0 saturated heterocycles. The number of anilines is 1. The number of hydrogen-bond acceptors (Lipinski definition) is 3. The van der Waals surface area contributed by atoms with E-state index in [1.54, 1.807) is 6.07 Å². The average Bonchev–Trinajstić information content (AvgIpc) is 3.25. The quantitative estimate of drug-likeness (QED) is 0.375. The summed E-state index contributed by atoms with van der Waals surface area (Å²) < 4.78 is 11.6. The predicted molar refractivity (Wildman–Crippen MR) is 119 cm³/mol. The number of hydrogen-bond donors (Lipinski definition) is 1. The van der Waals surface area contributed by atoms with Crippen molar-refractivity contribution < 1.29 is 13.9 Å². The molecule has 0 spiro atoms. The topological polar surface area (TPSA) is 51.5 Å². The largest absolute Gasteiger partial charge is 0.489 e. The standard InChI is InChI=1S/C26H19NO3/c28-26(25-16-23-22-9-5-4-8-19(22)10-15-24(23)30-25)27-20-11-13-21(14-12-20)29-17-18-6-2-1-3-7-18/h1-16H,17H2,(H,27,28). The Labute approximate surface area is 173 Å². The second-order valence-electron chi connectivity index (χ2n) is 7.06. The lowest BCUT2D eigenvalue weighted by Crippen LogP contribution is -2.10. The van der Waals surface area contributed by atoms with E-state index < -0.39 is 0 Å². The summed E-state index contributed by atoms with van der Waals surface area (Å²) in [6.45, 7) is 0.499. The van der Waals surface area contributed by atoms with Gasteiger partial charge in [-0.05, 0) is 52.7 Å². The number of benzene rings is 4. The van der Waals surface area contributed by atoms with Gasteiger partial charge in [0.2, 0.25) is 0 Å². The van der Waals surface area contributed by atoms with Crippen LogP contribution in [0.3, 0.4) is 0 Å². The first kappa shape index (κ1) is 18.0. The van der Waals surface area contributed by atoms with E-state index in [0.29, 0.717) is 17.9 Å². The van der Waals surface area contributed by atoms with Gasteiger partial charge in [-0.15, -0.1) is 0 Å². The molecule has 1 aromatic heterocycles. The maximum absolute atomic E-state index is 12.7. The van der Waals surface area contributed by atoms with E-state index in [1.165, 1.54) is 0 Å². The Hall–Kier alpha value is -4.05. The van der Waals surface area contributed by atoms with Crippen molar-refractivity contribution in [1.82, 2.24) is 0 Å². The van der Waals surface area contributed by atoms with E-state index in [9.17, 15) is 4.79 Å². The normalized spacial score (nSPS) is 10.9. The minimum Gasteiger partial charge on any atom is -0.489 e. The van der Waals surface area contributed by atoms with Crippen LogP contribution < -0.4 is 10.1 Å². The van der Waals surface area contributed by atoms with Gasteiger partial charge in [0.25, 0.3) is 5.91 Å². The lowest BCUT2D eigenvalue weighted by Gasteiger charge is -2.08. The second kappa shape index (κ2) is 7.76. The molecule has 0 atom stereocenters. The molecule has 1 amide bonds. The summed E-state index contributed by atoms with van der Waals surface area (Å²) in [6.07, 6.45) is 0. The van der Waals surface area contributed by atoms with Crippen molar-refractivity contribution >= 4 is 33.3 Å². The Morgan fingerprint density at radius 1 is 0.800 bits per heavy atom. The molecule has 0 bridgehead atoms. The third kappa shape index (κ3) is 3.63. The van der Waals surface area contributed by atoms with E-state index in [-0.39, 0.29) is 11.7 Å². The molecule has 4 nitrogen and oxygen atoms in total. The van der Waals surface area contributed by atoms with E-state index in [1.807, 2.05) is 91.0 Å². The summed E-state index contributed by atoms with van der Waals surface area (Å²) in [7, 11) is 0. The molecule has 4 heteroatoms. The number of furan rings is 1. The maximum Gasteiger partial charge on any atom is 0.291 e. The molecule has 1 heterocycles. The number of ether oxygens (including phenoxy) is 1. The average molecular weight is 393 g/mol. The molecule has 5 rings (SSSR count). The molecule has 146 valence electrons. The fraction of sp³-hybridized carbons (Fsp3) is 0.0385. The highest BCUT2D eigenvalue weighted by Gasteiger charge is 2.14. The zero-order chi connectivity index (χ0) is 20.3. The summed E-state index contributed by atoms with van der Waals surface area (Å²) in [5.41, 5.74) is 2.48. The van der Waals surface area contributed by atoms with Crippen LogP contribution in [0.25, 0.3) is 21.7 Å². The third-order valence-electron chi connectivity index (χ3n) is 5.01. The van der Waals surface area contributed by atoms with Crippen LogP contribution in [0, 0.1) is 0 Å². The number of carbonyl (C=O) groups excluding carboxylic acids is 1. The van der Waals surface area contributed by atoms with Gasteiger partial charge in [0.05, 0.1) is 0 Å². The van der Waals surface area contributed by atoms with Gasteiger partial charge < -0.3 is 14.5 Å². The number of fused-ring (bicyclic) bond motifs is 3. The fourth-order valence-electron chi connectivity index (χ4n) is 3.47. The Morgan fingerprint density at radius 2 is 1.57 bits per heavy atom. The van der Waals surface area contributed by atoms with Crippen molar-refractivity contribution in [3.8, 4) is 5.75 Å². The van der Waals surface area contributed by atoms with E-state index in [4.69, 9.17) is 9.15 Å². The minimum absolute atomic E-state index is 0.283. The number of amides is 1. The molecule has 0 aliphatic rings. The molecule has 0 aliphatic heterocycles. The van der Waals surface area contributed by atoms with Crippen molar-refractivity contribution in [2.75, 3.05) is 5.32 Å². The van der Waals surface area contributed by atoms with Crippen LogP contribution >= 0.6 is 0 Å². The van der Waals surface area contributed by atoms with Crippen molar-refractivity contribution in [2.24, 2.45) is 0 Å². The zero-order valence-electron chi connectivity index (χ0n) is 16.2. The molecule has 0 radical (unpaired) electrons. The van der Waals surface area contributed by atoms with Crippen molar-refractivity contribution in [1.29, 1.82) is 0 Å². The molecule has 5 aromatic rings. The van der Waals surface area contributed by atoms with Gasteiger partial charge >= 0.3 is 0 Å². The Balaban J connectivity index is 1.29. The van der Waals surface area contributed by atoms with Gasteiger partial charge in [0.15, 0.2) is 5.76 Å². The molecule has 4 aromatic carbocycles. The lowest BCUT2D eigenvalue weighted by atomic mass is 10.1. The van der Waals surface area contributed by atoms with E-state index >= 15 is 0 Å². The zero-order valence-corrected chi connectivity index (χ0v) is 16.2. The highest BCUT2D eigenvalue weighted by Crippen LogP contribution is 2.28. The predicted octanol–water partition coefficient (Wildman–Crippen LogP) is 6.42. The lowest BCUT2D eigenvalue weighted by molar-refractivity contribution is 0.0998. The van der Waals surface area contributed by atoms with Crippen LogP contribution in [0.15, 0.2) is 101 Å². The monoisotopic (exact) mass is 393 g/mol. The van der Waals surface area contributed by atoms with Gasteiger partial charge in [0.1, 0.15) is 17.9 Å². The number of carbonyl (C=O) groups is 1. The van der Waals surface area contributed by atoms with Gasteiger partial charge in [-0.1, -0.05) is 60.7 Å². The summed E-state index contributed by atoms with van der Waals surface area (Å²) >= 11 is 0. The van der Waals surface area contributed by atoms with E-state index in [0.717, 1.165) is 27.5 Å².